The minimum absolute atomic E-state index is 0.0386. The summed E-state index contributed by atoms with van der Waals surface area (Å²) in [5.41, 5.74) is 7.42. The molecule has 2 heterocycles. The number of rotatable bonds is 10. The number of nitrogens with one attached hydrogen (secondary N) is 2. The van der Waals surface area contributed by atoms with Crippen LogP contribution in [0.15, 0.2) is 51.3 Å². The lowest BCUT2D eigenvalue weighted by molar-refractivity contribution is -0.139. The molecule has 1 atom stereocenters. The van der Waals surface area contributed by atoms with Gasteiger partial charge in [-0.3, -0.25) is 0 Å². The van der Waals surface area contributed by atoms with E-state index in [4.69, 9.17) is 31.5 Å². The molecule has 0 saturated heterocycles. The van der Waals surface area contributed by atoms with Crippen LogP contribution < -0.4 is 16.4 Å². The van der Waals surface area contributed by atoms with E-state index in [1.54, 1.807) is 38.1 Å². The van der Waals surface area contributed by atoms with E-state index in [0.29, 0.717) is 28.5 Å². The number of nitrogens with zero attached hydrogens (tertiary/aromatic N) is 2. The molecule has 4 N–H and O–H groups in total. The molecular weight excluding hydrogens is 466 g/mol. The Morgan fingerprint density at radius 2 is 2.03 bits per heavy atom. The zero-order valence-electron chi connectivity index (χ0n) is 19.0. The van der Waals surface area contributed by atoms with Crippen LogP contribution in [0.3, 0.4) is 0 Å². The van der Waals surface area contributed by atoms with E-state index in [2.05, 4.69) is 25.3 Å². The number of aromatic nitrogens is 2. The fraction of sp³-hybridized carbons (Fsp3) is 0.364. The first-order valence-electron chi connectivity index (χ1n) is 10.5. The van der Waals surface area contributed by atoms with Crippen molar-refractivity contribution in [3.8, 4) is 0 Å². The Morgan fingerprint density at radius 3 is 2.68 bits per heavy atom. The highest BCUT2D eigenvalue weighted by Gasteiger charge is 2.39. The Hall–Kier alpha value is -3.57. The second-order valence-electron chi connectivity index (χ2n) is 7.16. The van der Waals surface area contributed by atoms with Gasteiger partial charge in [0.25, 0.3) is 5.95 Å². The summed E-state index contributed by atoms with van der Waals surface area (Å²) in [6.45, 7) is 4.22. The first-order valence-corrected chi connectivity index (χ1v) is 10.9. The third-order valence-corrected chi connectivity index (χ3v) is 5.32. The minimum Gasteiger partial charge on any atom is -0.466 e. The van der Waals surface area contributed by atoms with E-state index in [1.807, 2.05) is 0 Å². The summed E-state index contributed by atoms with van der Waals surface area (Å²) in [7, 11) is 1.28. The standard InChI is InChI=1S/C22H26ClN5O6/c1-4-33-20(30)18-15(11-32-10-9-25-22-27-21(24)34-28-22)26-12(2)16(19(29)31-3)17(18)13-7-5-6-8-14(13)23/h5-8,17,26H,4,9-11H2,1-3H3,(H3,24,25,27,28). The summed E-state index contributed by atoms with van der Waals surface area (Å²) < 4.78 is 20.8. The normalized spacial score (nSPS) is 15.7. The quantitative estimate of drug-likeness (QED) is 0.332. The van der Waals surface area contributed by atoms with Gasteiger partial charge in [-0.25, -0.2) is 9.59 Å². The molecule has 1 aromatic carbocycles. The molecule has 1 aliphatic rings. The van der Waals surface area contributed by atoms with Crippen LogP contribution in [-0.4, -0.2) is 55.6 Å². The number of ether oxygens (including phenoxy) is 3. The largest absolute Gasteiger partial charge is 0.466 e. The van der Waals surface area contributed by atoms with Crippen molar-refractivity contribution < 1.29 is 28.3 Å². The molecule has 1 unspecified atom stereocenters. The van der Waals surface area contributed by atoms with Crippen molar-refractivity contribution in [3.05, 3.63) is 57.4 Å². The number of hydrogen-bond acceptors (Lipinski definition) is 11. The molecule has 0 fully saturated rings. The van der Waals surface area contributed by atoms with E-state index < -0.39 is 17.9 Å². The molecule has 0 saturated carbocycles. The summed E-state index contributed by atoms with van der Waals surface area (Å²) in [6, 6.07) is 6.95. The average molecular weight is 492 g/mol. The molecule has 11 nitrogen and oxygen atoms in total. The van der Waals surface area contributed by atoms with Gasteiger partial charge in [0, 0.05) is 17.3 Å². The average Bonchev–Trinajstić information content (AvgIpc) is 3.23. The molecule has 0 bridgehead atoms. The molecule has 0 aliphatic carbocycles. The van der Waals surface area contributed by atoms with Crippen LogP contribution >= 0.6 is 11.6 Å². The van der Waals surface area contributed by atoms with Gasteiger partial charge in [-0.15, -0.1) is 0 Å². The van der Waals surface area contributed by atoms with Gasteiger partial charge in [-0.2, -0.15) is 4.98 Å². The van der Waals surface area contributed by atoms with Crippen LogP contribution in [0, 0.1) is 0 Å². The van der Waals surface area contributed by atoms with Gasteiger partial charge < -0.3 is 35.1 Å². The molecular formula is C22H26ClN5O6. The molecule has 0 radical (unpaired) electrons. The Labute approximate surface area is 201 Å². The number of methoxy groups -OCH3 is 1. The van der Waals surface area contributed by atoms with Gasteiger partial charge in [0.1, 0.15) is 0 Å². The molecule has 2 aromatic rings. The minimum atomic E-state index is -0.805. The Morgan fingerprint density at radius 1 is 1.26 bits per heavy atom. The molecule has 3 rings (SSSR count). The van der Waals surface area contributed by atoms with Gasteiger partial charge in [0.15, 0.2) is 0 Å². The van der Waals surface area contributed by atoms with E-state index in [-0.39, 0.29) is 42.9 Å². The maximum Gasteiger partial charge on any atom is 0.336 e. The second-order valence-corrected chi connectivity index (χ2v) is 7.57. The van der Waals surface area contributed by atoms with Gasteiger partial charge in [-0.05, 0) is 30.6 Å². The van der Waals surface area contributed by atoms with Crippen LogP contribution in [0.1, 0.15) is 25.3 Å². The highest BCUT2D eigenvalue weighted by Crippen LogP contribution is 2.41. The predicted octanol–water partition coefficient (Wildman–Crippen LogP) is 2.38. The SMILES string of the molecule is CCOC(=O)C1=C(COCCNc2noc(N)n2)NC(C)=C(C(=O)OC)C1c1ccccc1Cl. The van der Waals surface area contributed by atoms with Crippen molar-refractivity contribution in [2.24, 2.45) is 0 Å². The predicted molar refractivity (Wildman–Crippen MR) is 124 cm³/mol. The molecule has 1 aromatic heterocycles. The molecule has 1 aliphatic heterocycles. The van der Waals surface area contributed by atoms with Crippen LogP contribution in [0.25, 0.3) is 0 Å². The number of carbonyl (C=O) groups is 2. The summed E-state index contributed by atoms with van der Waals surface area (Å²) in [6.07, 6.45) is 0. The fourth-order valence-corrected chi connectivity index (χ4v) is 3.82. The van der Waals surface area contributed by atoms with Crippen LogP contribution in [0.2, 0.25) is 5.02 Å². The molecule has 0 spiro atoms. The number of nitrogens with two attached hydrogens (primary N) is 1. The van der Waals surface area contributed by atoms with E-state index >= 15 is 0 Å². The number of carbonyl (C=O) groups excluding carboxylic acids is 2. The van der Waals surface area contributed by atoms with Crippen LogP contribution in [0.4, 0.5) is 12.0 Å². The summed E-state index contributed by atoms with van der Waals surface area (Å²) in [5.74, 6) is -1.74. The monoisotopic (exact) mass is 491 g/mol. The highest BCUT2D eigenvalue weighted by molar-refractivity contribution is 6.31. The number of anilines is 2. The number of dihydropyridines is 1. The maximum atomic E-state index is 13.1. The van der Waals surface area contributed by atoms with E-state index in [1.165, 1.54) is 7.11 Å². The molecule has 34 heavy (non-hydrogen) atoms. The Balaban J connectivity index is 1.90. The van der Waals surface area contributed by atoms with Crippen molar-refractivity contribution in [2.45, 2.75) is 19.8 Å². The smallest absolute Gasteiger partial charge is 0.336 e. The summed E-state index contributed by atoms with van der Waals surface area (Å²) >= 11 is 6.48. The summed E-state index contributed by atoms with van der Waals surface area (Å²) in [5, 5.41) is 10.0. The van der Waals surface area contributed by atoms with Crippen molar-refractivity contribution >= 4 is 35.5 Å². The number of benzene rings is 1. The van der Waals surface area contributed by atoms with Gasteiger partial charge in [0.2, 0.25) is 0 Å². The van der Waals surface area contributed by atoms with Crippen molar-refractivity contribution in [3.63, 3.8) is 0 Å². The van der Waals surface area contributed by atoms with Crippen LogP contribution in [0.5, 0.6) is 0 Å². The highest BCUT2D eigenvalue weighted by atomic mass is 35.5. The topological polar surface area (TPSA) is 151 Å². The number of allylic oxidation sites excluding steroid dienone is 1. The van der Waals surface area contributed by atoms with Crippen LogP contribution in [-0.2, 0) is 23.8 Å². The van der Waals surface area contributed by atoms with Crippen molar-refractivity contribution in [2.75, 3.05) is 44.5 Å². The lowest BCUT2D eigenvalue weighted by Crippen LogP contribution is -2.35. The van der Waals surface area contributed by atoms with Gasteiger partial charge in [0.05, 0.1) is 49.7 Å². The Kier molecular flexibility index (Phi) is 8.50. The third kappa shape index (κ3) is 5.67. The number of nitrogen functional groups attached to an aromatic ring is 1. The van der Waals surface area contributed by atoms with Crippen molar-refractivity contribution in [1.82, 2.24) is 15.5 Å². The number of hydrogen-bond donors (Lipinski definition) is 3. The van der Waals surface area contributed by atoms with Gasteiger partial charge in [-0.1, -0.05) is 29.8 Å². The zero-order chi connectivity index (χ0) is 24.7. The first-order chi connectivity index (χ1) is 16.4. The number of esters is 2. The lowest BCUT2D eigenvalue weighted by atomic mass is 9.80. The Bertz CT molecular complexity index is 1110. The first kappa shape index (κ1) is 25.1. The van der Waals surface area contributed by atoms with E-state index in [0.717, 1.165) is 0 Å². The zero-order valence-corrected chi connectivity index (χ0v) is 19.8. The third-order valence-electron chi connectivity index (χ3n) is 4.98. The second kappa shape index (κ2) is 11.5. The maximum absolute atomic E-state index is 13.1. The lowest BCUT2D eigenvalue weighted by Gasteiger charge is -2.31. The summed E-state index contributed by atoms with van der Waals surface area (Å²) in [4.78, 5) is 29.7. The van der Waals surface area contributed by atoms with Gasteiger partial charge >= 0.3 is 18.0 Å². The molecule has 12 heteroatoms. The molecule has 0 amide bonds. The molecule has 182 valence electrons. The van der Waals surface area contributed by atoms with E-state index in [9.17, 15) is 9.59 Å². The fourth-order valence-electron chi connectivity index (χ4n) is 3.58. The number of halogens is 1. The van der Waals surface area contributed by atoms with Crippen molar-refractivity contribution in [1.29, 1.82) is 0 Å².